The van der Waals surface area contributed by atoms with Gasteiger partial charge in [-0.05, 0) is 41.5 Å². The molecule has 3 rings (SSSR count). The second-order valence-corrected chi connectivity index (χ2v) is 5.09. The molecule has 0 aliphatic carbocycles. The largest absolute Gasteiger partial charge is 0.508 e. The fourth-order valence-electron chi connectivity index (χ4n) is 2.40. The highest BCUT2D eigenvalue weighted by molar-refractivity contribution is 5.80. The number of rotatable bonds is 3. The first kappa shape index (κ1) is 14.7. The third kappa shape index (κ3) is 2.89. The van der Waals surface area contributed by atoms with Crippen LogP contribution in [-0.2, 0) is 0 Å². The average Bonchev–Trinajstić information content (AvgIpc) is 2.56. The van der Waals surface area contributed by atoms with Crippen LogP contribution in [0.3, 0.4) is 0 Å². The summed E-state index contributed by atoms with van der Waals surface area (Å²) in [4.78, 5) is 4.23. The molecule has 4 N–H and O–H groups in total. The van der Waals surface area contributed by atoms with Gasteiger partial charge in [0.05, 0.1) is 7.11 Å². The Morgan fingerprint density at radius 3 is 2.52 bits per heavy atom. The van der Waals surface area contributed by atoms with E-state index < -0.39 is 0 Å². The van der Waals surface area contributed by atoms with E-state index in [1.807, 2.05) is 12.1 Å². The molecule has 0 saturated heterocycles. The molecule has 0 atom stereocenters. The van der Waals surface area contributed by atoms with Crippen molar-refractivity contribution in [2.24, 2.45) is 0 Å². The number of aromatic nitrogens is 1. The molecule has 116 valence electrons. The summed E-state index contributed by atoms with van der Waals surface area (Å²) in [6, 6.07) is 13.8. The summed E-state index contributed by atoms with van der Waals surface area (Å²) < 4.78 is 5.13. The lowest BCUT2D eigenvalue weighted by Crippen LogP contribution is -1.95. The quantitative estimate of drug-likeness (QED) is 0.690. The van der Waals surface area contributed by atoms with Crippen LogP contribution in [-0.4, -0.2) is 22.3 Å². The Balaban J connectivity index is 2.11. The van der Waals surface area contributed by atoms with E-state index in [9.17, 15) is 10.2 Å². The van der Waals surface area contributed by atoms with Crippen molar-refractivity contribution in [2.45, 2.75) is 0 Å². The number of hydrogen-bond donors (Lipinski definition) is 3. The maximum atomic E-state index is 9.71. The highest BCUT2D eigenvalue weighted by Crippen LogP contribution is 2.35. The first-order valence-corrected chi connectivity index (χ1v) is 7.01. The lowest BCUT2D eigenvalue weighted by molar-refractivity contribution is 0.373. The normalized spacial score (nSPS) is 10.5. The Bertz CT molecular complexity index is 863. The van der Waals surface area contributed by atoms with Crippen LogP contribution in [0.15, 0.2) is 54.7 Å². The number of phenolic OH excluding ortho intramolecular Hbond substituents is 2. The summed E-state index contributed by atoms with van der Waals surface area (Å²) in [7, 11) is 1.49. The van der Waals surface area contributed by atoms with Crippen molar-refractivity contribution in [1.82, 2.24) is 4.98 Å². The van der Waals surface area contributed by atoms with Crippen LogP contribution in [0.25, 0.3) is 22.3 Å². The number of nitrogens with two attached hydrogens (primary N) is 1. The molecule has 0 unspecified atom stereocenters. The molecule has 0 spiro atoms. The average molecular weight is 308 g/mol. The second-order valence-electron chi connectivity index (χ2n) is 5.09. The van der Waals surface area contributed by atoms with Crippen molar-refractivity contribution in [1.29, 1.82) is 0 Å². The molecule has 23 heavy (non-hydrogen) atoms. The summed E-state index contributed by atoms with van der Waals surface area (Å²) in [5.41, 5.74) is 9.17. The van der Waals surface area contributed by atoms with Crippen LogP contribution >= 0.6 is 0 Å². The van der Waals surface area contributed by atoms with Crippen LogP contribution in [0.1, 0.15) is 0 Å². The number of hydrogen-bond acceptors (Lipinski definition) is 5. The zero-order valence-corrected chi connectivity index (χ0v) is 12.5. The monoisotopic (exact) mass is 308 g/mol. The number of pyridine rings is 1. The van der Waals surface area contributed by atoms with Crippen molar-refractivity contribution in [3.05, 3.63) is 54.7 Å². The SMILES string of the molecule is COc1cc(-c2cc(-c3cccc(O)c3)cnc2N)ccc1O. The fourth-order valence-corrected chi connectivity index (χ4v) is 2.40. The van der Waals surface area contributed by atoms with Crippen molar-refractivity contribution < 1.29 is 14.9 Å². The standard InChI is InChI=1S/C18H16N2O3/c1-23-17-9-12(5-6-16(17)22)15-8-13(10-20-18(15)19)11-3-2-4-14(21)7-11/h2-10,21-22H,1H3,(H2,19,20). The first-order valence-electron chi connectivity index (χ1n) is 7.01. The number of anilines is 1. The summed E-state index contributed by atoms with van der Waals surface area (Å²) in [6.45, 7) is 0. The van der Waals surface area contributed by atoms with Gasteiger partial charge in [0.25, 0.3) is 0 Å². The molecule has 0 amide bonds. The number of ether oxygens (including phenoxy) is 1. The van der Waals surface area contributed by atoms with Crippen molar-refractivity contribution >= 4 is 5.82 Å². The van der Waals surface area contributed by atoms with Crippen LogP contribution in [0.2, 0.25) is 0 Å². The molecule has 0 saturated carbocycles. The van der Waals surface area contributed by atoms with Gasteiger partial charge in [-0.25, -0.2) is 4.98 Å². The maximum Gasteiger partial charge on any atom is 0.161 e. The predicted octanol–water partition coefficient (Wildman–Crippen LogP) is 3.42. The molecule has 0 fully saturated rings. The highest BCUT2D eigenvalue weighted by Gasteiger charge is 2.10. The molecule has 3 aromatic rings. The van der Waals surface area contributed by atoms with Crippen LogP contribution in [0, 0.1) is 0 Å². The molecule has 5 heteroatoms. The summed E-state index contributed by atoms with van der Waals surface area (Å²) in [6.07, 6.45) is 1.66. The van der Waals surface area contributed by atoms with Crippen molar-refractivity contribution in [2.75, 3.05) is 12.8 Å². The molecular weight excluding hydrogens is 292 g/mol. The number of nitrogens with zero attached hydrogens (tertiary/aromatic N) is 1. The molecule has 0 bridgehead atoms. The third-order valence-electron chi connectivity index (χ3n) is 3.59. The Labute approximate surface area is 133 Å². The summed E-state index contributed by atoms with van der Waals surface area (Å²) in [5, 5.41) is 19.3. The zero-order chi connectivity index (χ0) is 16.4. The van der Waals surface area contributed by atoms with E-state index in [1.165, 1.54) is 7.11 Å². The number of phenols is 2. The highest BCUT2D eigenvalue weighted by atomic mass is 16.5. The molecule has 0 radical (unpaired) electrons. The molecule has 1 heterocycles. The van der Waals surface area contributed by atoms with Gasteiger partial charge in [-0.3, -0.25) is 0 Å². The van der Waals surface area contributed by atoms with Crippen LogP contribution < -0.4 is 10.5 Å². The van der Waals surface area contributed by atoms with Crippen molar-refractivity contribution in [3.63, 3.8) is 0 Å². The van der Waals surface area contributed by atoms with Crippen LogP contribution in [0.4, 0.5) is 5.82 Å². The smallest absolute Gasteiger partial charge is 0.161 e. The van der Waals surface area contributed by atoms with Gasteiger partial charge < -0.3 is 20.7 Å². The van der Waals surface area contributed by atoms with Gasteiger partial charge in [0, 0.05) is 17.3 Å². The molecule has 2 aromatic carbocycles. The minimum atomic E-state index is 0.0620. The van der Waals surface area contributed by atoms with E-state index in [2.05, 4.69) is 4.98 Å². The Kier molecular flexibility index (Phi) is 3.76. The molecular formula is C18H16N2O3. The summed E-state index contributed by atoms with van der Waals surface area (Å²) >= 11 is 0. The zero-order valence-electron chi connectivity index (χ0n) is 12.5. The molecule has 0 aliphatic heterocycles. The lowest BCUT2D eigenvalue weighted by atomic mass is 10.0. The number of nitrogen functional groups attached to an aromatic ring is 1. The number of benzene rings is 2. The van der Waals surface area contributed by atoms with Gasteiger partial charge in [-0.2, -0.15) is 0 Å². The van der Waals surface area contributed by atoms with E-state index in [0.29, 0.717) is 11.6 Å². The van der Waals surface area contributed by atoms with Gasteiger partial charge in [-0.1, -0.05) is 18.2 Å². The van der Waals surface area contributed by atoms with Gasteiger partial charge >= 0.3 is 0 Å². The van der Waals surface area contributed by atoms with Crippen LogP contribution in [0.5, 0.6) is 17.2 Å². The van der Waals surface area contributed by atoms with Gasteiger partial charge in [0.2, 0.25) is 0 Å². The minimum absolute atomic E-state index is 0.0620. The number of methoxy groups -OCH3 is 1. The Morgan fingerprint density at radius 2 is 1.78 bits per heavy atom. The fraction of sp³-hybridized carbons (Fsp3) is 0.0556. The minimum Gasteiger partial charge on any atom is -0.508 e. The van der Waals surface area contributed by atoms with E-state index in [0.717, 1.165) is 22.3 Å². The van der Waals surface area contributed by atoms with E-state index in [1.54, 1.807) is 42.6 Å². The maximum absolute atomic E-state index is 9.71. The second kappa shape index (κ2) is 5.88. The molecule has 1 aromatic heterocycles. The van der Waals surface area contributed by atoms with E-state index >= 15 is 0 Å². The van der Waals surface area contributed by atoms with E-state index in [-0.39, 0.29) is 11.5 Å². The Morgan fingerprint density at radius 1 is 0.957 bits per heavy atom. The van der Waals surface area contributed by atoms with Crippen molar-refractivity contribution in [3.8, 4) is 39.5 Å². The van der Waals surface area contributed by atoms with Gasteiger partial charge in [0.1, 0.15) is 11.6 Å². The Hall–Kier alpha value is -3.21. The molecule has 0 aliphatic rings. The topological polar surface area (TPSA) is 88.6 Å². The van der Waals surface area contributed by atoms with E-state index in [4.69, 9.17) is 10.5 Å². The van der Waals surface area contributed by atoms with Gasteiger partial charge in [-0.15, -0.1) is 0 Å². The number of aromatic hydroxyl groups is 2. The summed E-state index contributed by atoms with van der Waals surface area (Å²) in [5.74, 6) is 0.991. The lowest BCUT2D eigenvalue weighted by Gasteiger charge is -2.11. The third-order valence-corrected chi connectivity index (χ3v) is 3.59. The predicted molar refractivity (Wildman–Crippen MR) is 89.4 cm³/mol. The first-order chi connectivity index (χ1) is 11.1. The van der Waals surface area contributed by atoms with Gasteiger partial charge in [0.15, 0.2) is 11.5 Å². The molecule has 5 nitrogen and oxygen atoms in total.